The Morgan fingerprint density at radius 2 is 1.67 bits per heavy atom. The Labute approximate surface area is 175 Å². The second-order valence-corrected chi connectivity index (χ2v) is 6.60. The van der Waals surface area contributed by atoms with Gasteiger partial charge in [-0.2, -0.15) is 5.10 Å². The second-order valence-electron chi connectivity index (χ2n) is 6.60. The molecule has 0 aliphatic heterocycles. The summed E-state index contributed by atoms with van der Waals surface area (Å²) >= 11 is 0. The molecule has 2 N–H and O–H groups in total. The van der Waals surface area contributed by atoms with Crippen LogP contribution < -0.4 is 15.5 Å². The van der Waals surface area contributed by atoms with Crippen molar-refractivity contribution in [3.05, 3.63) is 95.1 Å². The van der Waals surface area contributed by atoms with Crippen LogP contribution in [0.1, 0.15) is 38.8 Å². The van der Waals surface area contributed by atoms with E-state index < -0.39 is 0 Å². The van der Waals surface area contributed by atoms with E-state index in [4.69, 9.17) is 4.74 Å². The van der Waals surface area contributed by atoms with Gasteiger partial charge in [-0.25, -0.2) is 5.43 Å². The highest BCUT2D eigenvalue weighted by Crippen LogP contribution is 2.13. The molecule has 0 aliphatic carbocycles. The van der Waals surface area contributed by atoms with Crippen LogP contribution in [0.5, 0.6) is 5.75 Å². The van der Waals surface area contributed by atoms with Crippen molar-refractivity contribution < 1.29 is 14.3 Å². The van der Waals surface area contributed by atoms with Crippen molar-refractivity contribution >= 4 is 23.7 Å². The third-order valence-electron chi connectivity index (χ3n) is 4.26. The highest BCUT2D eigenvalue weighted by molar-refractivity contribution is 6.04. The van der Waals surface area contributed by atoms with E-state index in [0.29, 0.717) is 23.4 Å². The number of nitrogens with zero attached hydrogens (tertiary/aromatic N) is 1. The number of hydrogen-bond acceptors (Lipinski definition) is 4. The molecular formula is C24H23N3O3. The van der Waals surface area contributed by atoms with Gasteiger partial charge in [-0.3, -0.25) is 9.59 Å². The largest absolute Gasteiger partial charge is 0.494 e. The number of amides is 2. The van der Waals surface area contributed by atoms with Crippen LogP contribution >= 0.6 is 0 Å². The van der Waals surface area contributed by atoms with Crippen molar-refractivity contribution in [3.63, 3.8) is 0 Å². The smallest absolute Gasteiger partial charge is 0.271 e. The van der Waals surface area contributed by atoms with Gasteiger partial charge in [0.05, 0.1) is 12.8 Å². The molecule has 3 aromatic carbocycles. The topological polar surface area (TPSA) is 79.8 Å². The van der Waals surface area contributed by atoms with Crippen LogP contribution in [0.4, 0.5) is 5.69 Å². The van der Waals surface area contributed by atoms with E-state index >= 15 is 0 Å². The maximum Gasteiger partial charge on any atom is 0.271 e. The van der Waals surface area contributed by atoms with Crippen molar-refractivity contribution in [2.24, 2.45) is 5.10 Å². The molecular weight excluding hydrogens is 378 g/mol. The molecule has 0 spiro atoms. The Morgan fingerprint density at radius 3 is 2.33 bits per heavy atom. The number of carbonyl (C=O) groups excluding carboxylic acids is 2. The van der Waals surface area contributed by atoms with Crippen LogP contribution in [0.15, 0.2) is 77.9 Å². The minimum absolute atomic E-state index is 0.198. The molecule has 2 amide bonds. The molecule has 0 saturated heterocycles. The third-order valence-corrected chi connectivity index (χ3v) is 4.26. The summed E-state index contributed by atoms with van der Waals surface area (Å²) in [5, 5.41) is 6.80. The van der Waals surface area contributed by atoms with Crippen molar-refractivity contribution in [1.29, 1.82) is 0 Å². The van der Waals surface area contributed by atoms with Gasteiger partial charge >= 0.3 is 0 Å². The van der Waals surface area contributed by atoms with E-state index in [9.17, 15) is 9.59 Å². The zero-order chi connectivity index (χ0) is 21.3. The van der Waals surface area contributed by atoms with E-state index in [2.05, 4.69) is 15.8 Å². The molecule has 0 aromatic heterocycles. The molecule has 0 atom stereocenters. The van der Waals surface area contributed by atoms with Gasteiger partial charge in [0.15, 0.2) is 0 Å². The van der Waals surface area contributed by atoms with Gasteiger partial charge in [-0.1, -0.05) is 17.7 Å². The van der Waals surface area contributed by atoms with Crippen LogP contribution in [0.2, 0.25) is 0 Å². The normalized spacial score (nSPS) is 10.6. The van der Waals surface area contributed by atoms with Crippen LogP contribution in [0.3, 0.4) is 0 Å². The minimum Gasteiger partial charge on any atom is -0.494 e. The predicted molar refractivity (Wildman–Crippen MR) is 118 cm³/mol. The Kier molecular flexibility index (Phi) is 6.95. The zero-order valence-corrected chi connectivity index (χ0v) is 16.9. The lowest BCUT2D eigenvalue weighted by Crippen LogP contribution is -2.17. The molecule has 3 rings (SSSR count). The SMILES string of the molecule is CCOc1ccc(C=NNC(=O)c2ccc(NC(=O)c3cccc(C)c3)cc2)cc1. The summed E-state index contributed by atoms with van der Waals surface area (Å²) < 4.78 is 5.38. The van der Waals surface area contributed by atoms with Gasteiger partial charge in [-0.05, 0) is 80.1 Å². The molecule has 0 bridgehead atoms. The third kappa shape index (κ3) is 5.78. The van der Waals surface area contributed by atoms with Crippen molar-refractivity contribution in [2.45, 2.75) is 13.8 Å². The summed E-state index contributed by atoms with van der Waals surface area (Å²) in [7, 11) is 0. The van der Waals surface area contributed by atoms with Gasteiger partial charge in [-0.15, -0.1) is 0 Å². The average Bonchev–Trinajstić information content (AvgIpc) is 2.75. The molecule has 3 aromatic rings. The van der Waals surface area contributed by atoms with E-state index in [0.717, 1.165) is 16.9 Å². The first kappa shape index (κ1) is 20.8. The quantitative estimate of drug-likeness (QED) is 0.455. The maximum absolute atomic E-state index is 12.3. The fraction of sp³-hybridized carbons (Fsp3) is 0.125. The molecule has 0 fully saturated rings. The molecule has 6 nitrogen and oxygen atoms in total. The summed E-state index contributed by atoms with van der Waals surface area (Å²) in [6, 6.07) is 21.4. The number of nitrogens with one attached hydrogen (secondary N) is 2. The molecule has 0 heterocycles. The molecule has 0 radical (unpaired) electrons. The number of ether oxygens (including phenoxy) is 1. The van der Waals surface area contributed by atoms with Crippen molar-refractivity contribution in [1.82, 2.24) is 5.43 Å². The van der Waals surface area contributed by atoms with Gasteiger partial charge in [0, 0.05) is 16.8 Å². The van der Waals surface area contributed by atoms with Crippen LogP contribution in [-0.2, 0) is 0 Å². The minimum atomic E-state index is -0.339. The fourth-order valence-corrected chi connectivity index (χ4v) is 2.74. The summed E-state index contributed by atoms with van der Waals surface area (Å²) in [5.74, 6) is 0.248. The predicted octanol–water partition coefficient (Wildman–Crippen LogP) is 4.41. The summed E-state index contributed by atoms with van der Waals surface area (Å²) in [4.78, 5) is 24.5. The maximum atomic E-state index is 12.3. The lowest BCUT2D eigenvalue weighted by atomic mass is 10.1. The number of aryl methyl sites for hydroxylation is 1. The number of hydrogen-bond donors (Lipinski definition) is 2. The summed E-state index contributed by atoms with van der Waals surface area (Å²) in [5.41, 5.74) is 5.97. The number of rotatable bonds is 7. The lowest BCUT2D eigenvalue weighted by molar-refractivity contribution is 0.0954. The molecule has 6 heteroatoms. The molecule has 30 heavy (non-hydrogen) atoms. The number of anilines is 1. The molecule has 0 unspecified atom stereocenters. The monoisotopic (exact) mass is 401 g/mol. The van der Waals surface area contributed by atoms with Crippen molar-refractivity contribution in [3.8, 4) is 5.75 Å². The van der Waals surface area contributed by atoms with E-state index in [1.54, 1.807) is 36.5 Å². The highest BCUT2D eigenvalue weighted by atomic mass is 16.5. The summed E-state index contributed by atoms with van der Waals surface area (Å²) in [6.45, 7) is 4.47. The van der Waals surface area contributed by atoms with Gasteiger partial charge in [0.25, 0.3) is 11.8 Å². The first-order chi connectivity index (χ1) is 14.5. The van der Waals surface area contributed by atoms with E-state index in [1.165, 1.54) is 0 Å². The number of benzene rings is 3. The fourth-order valence-electron chi connectivity index (χ4n) is 2.74. The molecule has 0 aliphatic rings. The molecule has 152 valence electrons. The van der Waals surface area contributed by atoms with Crippen LogP contribution in [-0.4, -0.2) is 24.6 Å². The first-order valence-electron chi connectivity index (χ1n) is 9.59. The van der Waals surface area contributed by atoms with Crippen LogP contribution in [0.25, 0.3) is 0 Å². The van der Waals surface area contributed by atoms with Crippen molar-refractivity contribution in [2.75, 3.05) is 11.9 Å². The van der Waals surface area contributed by atoms with E-state index in [1.807, 2.05) is 56.3 Å². The zero-order valence-electron chi connectivity index (χ0n) is 16.9. The summed E-state index contributed by atoms with van der Waals surface area (Å²) in [6.07, 6.45) is 1.56. The number of carbonyl (C=O) groups is 2. The Hall–Kier alpha value is -3.93. The highest BCUT2D eigenvalue weighted by Gasteiger charge is 2.08. The Balaban J connectivity index is 1.55. The Morgan fingerprint density at radius 1 is 0.933 bits per heavy atom. The molecule has 0 saturated carbocycles. The average molecular weight is 401 g/mol. The number of hydrazone groups is 1. The van der Waals surface area contributed by atoms with E-state index in [-0.39, 0.29) is 11.8 Å². The van der Waals surface area contributed by atoms with Gasteiger partial charge < -0.3 is 10.1 Å². The Bertz CT molecular complexity index is 1040. The van der Waals surface area contributed by atoms with Gasteiger partial charge in [0.2, 0.25) is 0 Å². The second kappa shape index (κ2) is 10.0. The lowest BCUT2D eigenvalue weighted by Gasteiger charge is -2.07. The standard InChI is InChI=1S/C24H23N3O3/c1-3-30-22-13-7-18(8-14-22)16-25-27-24(29)19-9-11-21(12-10-19)26-23(28)20-6-4-5-17(2)15-20/h4-16H,3H2,1-2H3,(H,26,28)(H,27,29). The van der Waals surface area contributed by atoms with Crippen LogP contribution in [0, 0.1) is 6.92 Å². The van der Waals surface area contributed by atoms with Gasteiger partial charge in [0.1, 0.15) is 5.75 Å². The first-order valence-corrected chi connectivity index (χ1v) is 9.59.